The van der Waals surface area contributed by atoms with E-state index in [4.69, 9.17) is 19.8 Å². The monoisotopic (exact) mass is 532 g/mol. The summed E-state index contributed by atoms with van der Waals surface area (Å²) in [4.78, 5) is 16.4. The van der Waals surface area contributed by atoms with Gasteiger partial charge < -0.3 is 15.0 Å². The minimum Gasteiger partial charge on any atom is -0.377 e. The van der Waals surface area contributed by atoms with E-state index in [-0.39, 0.29) is 11.1 Å². The molecule has 11 nitrogen and oxygen atoms in total. The van der Waals surface area contributed by atoms with Gasteiger partial charge in [0.15, 0.2) is 20.7 Å². The topological polar surface area (TPSA) is 120 Å². The van der Waals surface area contributed by atoms with Gasteiger partial charge in [0.2, 0.25) is 5.95 Å². The third-order valence-corrected chi connectivity index (χ3v) is 7.81. The van der Waals surface area contributed by atoms with Crippen LogP contribution in [-0.2, 0) is 14.6 Å². The van der Waals surface area contributed by atoms with Crippen molar-refractivity contribution in [2.24, 2.45) is 0 Å². The second kappa shape index (κ2) is 9.07. The molecule has 38 heavy (non-hydrogen) atoms. The van der Waals surface area contributed by atoms with Crippen molar-refractivity contribution in [1.82, 2.24) is 29.1 Å². The minimum atomic E-state index is -3.42. The zero-order valence-corrected chi connectivity index (χ0v) is 22.4. The highest BCUT2D eigenvalue weighted by Crippen LogP contribution is 2.32. The molecule has 0 unspecified atom stereocenters. The van der Waals surface area contributed by atoms with Crippen LogP contribution in [0.15, 0.2) is 53.6 Å². The summed E-state index contributed by atoms with van der Waals surface area (Å²) in [5, 5.41) is 8.20. The van der Waals surface area contributed by atoms with E-state index in [1.807, 2.05) is 52.5 Å². The molecular formula is C26H28N8O3S. The molecule has 12 heteroatoms. The highest BCUT2D eigenvalue weighted by Gasteiger charge is 2.26. The lowest BCUT2D eigenvalue weighted by Crippen LogP contribution is -2.44. The number of ether oxygens (including phenoxy) is 1. The van der Waals surface area contributed by atoms with E-state index in [9.17, 15) is 8.42 Å². The van der Waals surface area contributed by atoms with Gasteiger partial charge in [-0.3, -0.25) is 0 Å². The molecule has 0 saturated carbocycles. The van der Waals surface area contributed by atoms with Gasteiger partial charge in [-0.2, -0.15) is 4.98 Å². The average molecular weight is 533 g/mol. The smallest absolute Gasteiger partial charge is 0.257 e. The predicted molar refractivity (Wildman–Crippen MR) is 146 cm³/mol. The number of nitrogens with one attached hydrogen (secondary N) is 1. The third kappa shape index (κ3) is 3.96. The normalized spacial score (nSPS) is 16.4. The number of aryl methyl sites for hydroxylation is 1. The minimum absolute atomic E-state index is 0.0429. The zero-order valence-electron chi connectivity index (χ0n) is 21.6. The van der Waals surface area contributed by atoms with Crippen molar-refractivity contribution in [2.45, 2.75) is 24.9 Å². The van der Waals surface area contributed by atoms with Crippen molar-refractivity contribution < 1.29 is 13.2 Å². The first-order valence-corrected chi connectivity index (χ1v) is 14.2. The summed E-state index contributed by atoms with van der Waals surface area (Å²) in [6, 6.07) is 15.3. The standard InChI is InChI=1S/C26H28N8O3S/c1-16-15-37-14-13-32(16)24-22-11-10-20(18-9-12-23(28-17(18)2)38(4,35)36)34(22)31-26(30-24)33-21-8-6-5-7-19(21)29-25(33)27-3/h5-12,16H,13-15H2,1-4H3,(H,27,29)/t16-/m1/s1. The van der Waals surface area contributed by atoms with Gasteiger partial charge in [-0.05, 0) is 50.2 Å². The lowest BCUT2D eigenvalue weighted by Gasteiger charge is -2.34. The van der Waals surface area contributed by atoms with Crippen LogP contribution in [0.4, 0.5) is 11.8 Å². The number of hydrogen-bond acceptors (Lipinski definition) is 9. The number of imidazole rings is 1. The molecule has 5 heterocycles. The predicted octanol–water partition coefficient (Wildman–Crippen LogP) is 3.11. The fourth-order valence-electron chi connectivity index (χ4n) is 4.93. The summed E-state index contributed by atoms with van der Waals surface area (Å²) in [7, 11) is -1.60. The largest absolute Gasteiger partial charge is 0.377 e. The van der Waals surface area contributed by atoms with Crippen molar-refractivity contribution in [3.63, 3.8) is 0 Å². The Morgan fingerprint density at radius 3 is 2.58 bits per heavy atom. The van der Waals surface area contributed by atoms with Crippen LogP contribution in [0.3, 0.4) is 0 Å². The number of benzene rings is 1. The maximum absolute atomic E-state index is 12.1. The summed E-state index contributed by atoms with van der Waals surface area (Å²) in [5.74, 6) is 1.87. The number of anilines is 2. The van der Waals surface area contributed by atoms with Crippen molar-refractivity contribution in [3.8, 4) is 17.2 Å². The Hall–Kier alpha value is -4.03. The first-order chi connectivity index (χ1) is 18.3. The number of fused-ring (bicyclic) bond motifs is 2. The molecule has 0 bridgehead atoms. The Balaban J connectivity index is 1.63. The molecule has 0 spiro atoms. The first kappa shape index (κ1) is 24.3. The lowest BCUT2D eigenvalue weighted by atomic mass is 10.1. The molecule has 1 aliphatic rings. The molecule has 1 fully saturated rings. The molecular weight excluding hydrogens is 504 g/mol. The Morgan fingerprint density at radius 2 is 1.84 bits per heavy atom. The van der Waals surface area contributed by atoms with Gasteiger partial charge in [0.25, 0.3) is 5.95 Å². The van der Waals surface area contributed by atoms with Crippen LogP contribution < -0.4 is 10.2 Å². The highest BCUT2D eigenvalue weighted by atomic mass is 32.2. The third-order valence-electron chi connectivity index (χ3n) is 6.82. The number of sulfone groups is 1. The number of nitrogens with zero attached hydrogens (tertiary/aromatic N) is 7. The van der Waals surface area contributed by atoms with E-state index in [2.05, 4.69) is 22.1 Å². The summed E-state index contributed by atoms with van der Waals surface area (Å²) in [6.07, 6.45) is 1.16. The summed E-state index contributed by atoms with van der Waals surface area (Å²) in [6.45, 7) is 5.82. The summed E-state index contributed by atoms with van der Waals surface area (Å²) in [5.41, 5.74) is 4.70. The number of rotatable bonds is 5. The molecule has 0 amide bonds. The van der Waals surface area contributed by atoms with Gasteiger partial charge in [-0.25, -0.2) is 27.5 Å². The van der Waals surface area contributed by atoms with E-state index in [0.717, 1.165) is 39.9 Å². The lowest BCUT2D eigenvalue weighted by molar-refractivity contribution is 0.0986. The fourth-order valence-corrected chi connectivity index (χ4v) is 5.55. The van der Waals surface area contributed by atoms with Crippen LogP contribution in [0.2, 0.25) is 0 Å². The Bertz CT molecular complexity index is 1790. The molecule has 1 N–H and O–H groups in total. The SMILES string of the molecule is CNc1nc2ccccc2n1-c1nc(N2CCOC[C@H]2C)c2ccc(-c3ccc(S(C)(=O)=O)nc3C)n2n1. The van der Waals surface area contributed by atoms with Crippen LogP contribution in [0, 0.1) is 6.92 Å². The van der Waals surface area contributed by atoms with Crippen LogP contribution >= 0.6 is 0 Å². The van der Waals surface area contributed by atoms with Crippen LogP contribution in [-0.4, -0.2) is 76.7 Å². The van der Waals surface area contributed by atoms with E-state index in [1.54, 1.807) is 13.0 Å². The van der Waals surface area contributed by atoms with E-state index >= 15 is 0 Å². The quantitative estimate of drug-likeness (QED) is 0.364. The fraction of sp³-hybridized carbons (Fsp3) is 0.308. The molecule has 0 aliphatic carbocycles. The molecule has 4 aromatic heterocycles. The van der Waals surface area contributed by atoms with Crippen molar-refractivity contribution in [3.05, 3.63) is 54.2 Å². The molecule has 1 saturated heterocycles. The van der Waals surface area contributed by atoms with E-state index in [0.29, 0.717) is 37.3 Å². The molecule has 1 aromatic carbocycles. The molecule has 1 aliphatic heterocycles. The van der Waals surface area contributed by atoms with Gasteiger partial charge >= 0.3 is 0 Å². The van der Waals surface area contributed by atoms with Crippen LogP contribution in [0.1, 0.15) is 12.6 Å². The Kier molecular flexibility index (Phi) is 5.80. The van der Waals surface area contributed by atoms with Crippen LogP contribution in [0.25, 0.3) is 33.8 Å². The van der Waals surface area contributed by atoms with Gasteiger partial charge in [-0.15, -0.1) is 5.10 Å². The van der Waals surface area contributed by atoms with E-state index < -0.39 is 9.84 Å². The number of pyridine rings is 1. The Labute approximate surface area is 220 Å². The first-order valence-electron chi connectivity index (χ1n) is 12.3. The number of aromatic nitrogens is 6. The summed E-state index contributed by atoms with van der Waals surface area (Å²) < 4.78 is 33.6. The summed E-state index contributed by atoms with van der Waals surface area (Å²) >= 11 is 0. The molecule has 6 rings (SSSR count). The molecule has 1 atom stereocenters. The van der Waals surface area contributed by atoms with Gasteiger partial charge in [-0.1, -0.05) is 12.1 Å². The van der Waals surface area contributed by atoms with Crippen molar-refractivity contribution >= 4 is 38.2 Å². The van der Waals surface area contributed by atoms with Crippen LogP contribution in [0.5, 0.6) is 0 Å². The molecule has 0 radical (unpaired) electrons. The maximum atomic E-state index is 12.1. The number of hydrogen-bond donors (Lipinski definition) is 1. The maximum Gasteiger partial charge on any atom is 0.257 e. The number of morpholine rings is 1. The Morgan fingerprint density at radius 1 is 1.03 bits per heavy atom. The van der Waals surface area contributed by atoms with Crippen molar-refractivity contribution in [2.75, 3.05) is 43.3 Å². The molecule has 196 valence electrons. The molecule has 5 aromatic rings. The van der Waals surface area contributed by atoms with E-state index in [1.165, 1.54) is 6.07 Å². The second-order valence-electron chi connectivity index (χ2n) is 9.43. The second-order valence-corrected chi connectivity index (χ2v) is 11.4. The highest BCUT2D eigenvalue weighted by molar-refractivity contribution is 7.90. The van der Waals surface area contributed by atoms with Gasteiger partial charge in [0.1, 0.15) is 5.52 Å². The van der Waals surface area contributed by atoms with Gasteiger partial charge in [0, 0.05) is 31.1 Å². The van der Waals surface area contributed by atoms with Crippen molar-refractivity contribution in [1.29, 1.82) is 0 Å². The zero-order chi connectivity index (χ0) is 26.6. The van der Waals surface area contributed by atoms with Gasteiger partial charge in [0.05, 0.1) is 36.0 Å². The average Bonchev–Trinajstić information content (AvgIpc) is 3.49. The number of para-hydroxylation sites is 2.